The molecule has 1 saturated heterocycles. The van der Waals surface area contributed by atoms with Gasteiger partial charge in [0, 0.05) is 17.7 Å². The van der Waals surface area contributed by atoms with Gasteiger partial charge in [-0.2, -0.15) is 0 Å². The summed E-state index contributed by atoms with van der Waals surface area (Å²) >= 11 is 1.34. The SMILES string of the molecule is Cc1sc(C2(O)CCC3(CC2)OCCO3)nc1C(N)=O. The third kappa shape index (κ3) is 2.24. The van der Waals surface area contributed by atoms with Gasteiger partial charge < -0.3 is 20.3 Å². The topological polar surface area (TPSA) is 94.7 Å². The first-order chi connectivity index (χ1) is 9.44. The predicted molar refractivity (Wildman–Crippen MR) is 72.4 cm³/mol. The quantitative estimate of drug-likeness (QED) is 0.851. The van der Waals surface area contributed by atoms with Crippen molar-refractivity contribution in [3.05, 3.63) is 15.6 Å². The Morgan fingerprint density at radius 1 is 1.30 bits per heavy atom. The number of thiazole rings is 1. The molecule has 1 aromatic rings. The Balaban J connectivity index is 1.80. The summed E-state index contributed by atoms with van der Waals surface area (Å²) in [6, 6.07) is 0. The molecule has 0 atom stereocenters. The van der Waals surface area contributed by atoms with E-state index in [1.165, 1.54) is 11.3 Å². The van der Waals surface area contributed by atoms with Gasteiger partial charge in [0.15, 0.2) is 5.79 Å². The Morgan fingerprint density at radius 3 is 2.40 bits per heavy atom. The lowest BCUT2D eigenvalue weighted by Gasteiger charge is -2.39. The summed E-state index contributed by atoms with van der Waals surface area (Å²) in [5.74, 6) is -1.08. The molecule has 2 fully saturated rings. The second-order valence-electron chi connectivity index (χ2n) is 5.43. The van der Waals surface area contributed by atoms with Crippen molar-refractivity contribution in [1.82, 2.24) is 4.98 Å². The fourth-order valence-corrected chi connectivity index (χ4v) is 3.93. The Labute approximate surface area is 120 Å². The van der Waals surface area contributed by atoms with E-state index >= 15 is 0 Å². The molecular formula is C13H18N2O4S. The molecule has 1 aromatic heterocycles. The van der Waals surface area contributed by atoms with Gasteiger partial charge in [0.1, 0.15) is 16.3 Å². The summed E-state index contributed by atoms with van der Waals surface area (Å²) in [6.07, 6.45) is 2.29. The lowest BCUT2D eigenvalue weighted by Crippen LogP contribution is -2.42. The fourth-order valence-electron chi connectivity index (χ4n) is 2.87. The van der Waals surface area contributed by atoms with Gasteiger partial charge in [-0.15, -0.1) is 11.3 Å². The van der Waals surface area contributed by atoms with Crippen LogP contribution in [0.2, 0.25) is 0 Å². The van der Waals surface area contributed by atoms with Gasteiger partial charge in [-0.3, -0.25) is 4.79 Å². The molecule has 1 saturated carbocycles. The van der Waals surface area contributed by atoms with Crippen molar-refractivity contribution in [3.8, 4) is 0 Å². The fraction of sp³-hybridized carbons (Fsp3) is 0.692. The van der Waals surface area contributed by atoms with E-state index in [0.717, 1.165) is 4.88 Å². The number of amides is 1. The first-order valence-corrected chi connectivity index (χ1v) is 7.54. The van der Waals surface area contributed by atoms with Gasteiger partial charge in [-0.1, -0.05) is 0 Å². The maximum absolute atomic E-state index is 11.3. The Kier molecular flexibility index (Phi) is 3.32. The highest BCUT2D eigenvalue weighted by Gasteiger charge is 2.47. The van der Waals surface area contributed by atoms with E-state index < -0.39 is 17.3 Å². The molecule has 2 heterocycles. The van der Waals surface area contributed by atoms with Crippen LogP contribution < -0.4 is 5.73 Å². The van der Waals surface area contributed by atoms with Crippen molar-refractivity contribution < 1.29 is 19.4 Å². The van der Waals surface area contributed by atoms with Gasteiger partial charge in [-0.25, -0.2) is 4.98 Å². The molecule has 2 aliphatic rings. The maximum Gasteiger partial charge on any atom is 0.268 e. The van der Waals surface area contributed by atoms with E-state index in [9.17, 15) is 9.90 Å². The number of ether oxygens (including phenoxy) is 2. The van der Waals surface area contributed by atoms with Gasteiger partial charge >= 0.3 is 0 Å². The molecule has 1 aliphatic carbocycles. The van der Waals surface area contributed by atoms with Crippen LogP contribution >= 0.6 is 11.3 Å². The van der Waals surface area contributed by atoms with E-state index in [1.54, 1.807) is 6.92 Å². The number of hydrogen-bond acceptors (Lipinski definition) is 6. The number of primary amides is 1. The lowest BCUT2D eigenvalue weighted by atomic mass is 9.81. The normalized spacial score (nSPS) is 24.1. The Morgan fingerprint density at radius 2 is 1.90 bits per heavy atom. The molecule has 0 bridgehead atoms. The smallest absolute Gasteiger partial charge is 0.268 e. The summed E-state index contributed by atoms with van der Waals surface area (Å²) in [6.45, 7) is 3.01. The van der Waals surface area contributed by atoms with Crippen molar-refractivity contribution in [2.24, 2.45) is 5.73 Å². The monoisotopic (exact) mass is 298 g/mol. The first kappa shape index (κ1) is 13.9. The van der Waals surface area contributed by atoms with E-state index in [-0.39, 0.29) is 5.69 Å². The van der Waals surface area contributed by atoms with Gasteiger partial charge in [0.05, 0.1) is 13.2 Å². The summed E-state index contributed by atoms with van der Waals surface area (Å²) < 4.78 is 11.3. The molecule has 20 heavy (non-hydrogen) atoms. The number of carbonyl (C=O) groups is 1. The van der Waals surface area contributed by atoms with Crippen LogP contribution in [-0.2, 0) is 15.1 Å². The van der Waals surface area contributed by atoms with E-state index in [4.69, 9.17) is 15.2 Å². The molecule has 3 rings (SSSR count). The Bertz CT molecular complexity index is 526. The summed E-state index contributed by atoms with van der Waals surface area (Å²) in [7, 11) is 0. The molecule has 3 N–H and O–H groups in total. The zero-order valence-electron chi connectivity index (χ0n) is 11.3. The average Bonchev–Trinajstić information content (AvgIpc) is 3.01. The van der Waals surface area contributed by atoms with Crippen LogP contribution in [0.3, 0.4) is 0 Å². The highest BCUT2D eigenvalue weighted by Crippen LogP contribution is 2.45. The number of aryl methyl sites for hydroxylation is 1. The molecule has 0 radical (unpaired) electrons. The molecule has 1 amide bonds. The van der Waals surface area contributed by atoms with E-state index in [1.807, 2.05) is 0 Å². The minimum Gasteiger partial charge on any atom is -0.383 e. The average molecular weight is 298 g/mol. The maximum atomic E-state index is 11.3. The number of nitrogens with two attached hydrogens (primary N) is 1. The number of rotatable bonds is 2. The Hall–Kier alpha value is -1.02. The molecule has 110 valence electrons. The van der Waals surface area contributed by atoms with Crippen LogP contribution in [0, 0.1) is 6.92 Å². The van der Waals surface area contributed by atoms with Crippen molar-refractivity contribution >= 4 is 17.2 Å². The minimum absolute atomic E-state index is 0.257. The van der Waals surface area contributed by atoms with Crippen LogP contribution in [0.4, 0.5) is 0 Å². The van der Waals surface area contributed by atoms with Crippen molar-refractivity contribution in [2.45, 2.75) is 44.0 Å². The van der Waals surface area contributed by atoms with Crippen molar-refractivity contribution in [2.75, 3.05) is 13.2 Å². The van der Waals surface area contributed by atoms with Crippen LogP contribution in [0.1, 0.15) is 46.1 Å². The molecular weight excluding hydrogens is 280 g/mol. The predicted octanol–water partition coefficient (Wildman–Crippen LogP) is 1.06. The van der Waals surface area contributed by atoms with Crippen molar-refractivity contribution in [3.63, 3.8) is 0 Å². The molecule has 1 aliphatic heterocycles. The summed E-state index contributed by atoms with van der Waals surface area (Å²) in [5, 5.41) is 11.4. The largest absolute Gasteiger partial charge is 0.383 e. The van der Waals surface area contributed by atoms with Gasteiger partial charge in [-0.05, 0) is 19.8 Å². The summed E-state index contributed by atoms with van der Waals surface area (Å²) in [4.78, 5) is 16.2. The van der Waals surface area contributed by atoms with E-state index in [2.05, 4.69) is 4.98 Å². The van der Waals surface area contributed by atoms with Crippen LogP contribution in [0.5, 0.6) is 0 Å². The minimum atomic E-state index is -1.01. The highest BCUT2D eigenvalue weighted by molar-refractivity contribution is 7.12. The standard InChI is InChI=1S/C13H18N2O4S/c1-8-9(10(14)16)15-11(20-8)12(17)2-4-13(5-3-12)18-6-7-19-13/h17H,2-7H2,1H3,(H2,14,16). The molecule has 0 unspecified atom stereocenters. The number of aliphatic hydroxyl groups is 1. The third-order valence-electron chi connectivity index (χ3n) is 4.08. The summed E-state index contributed by atoms with van der Waals surface area (Å²) in [5.41, 5.74) is 4.52. The van der Waals surface area contributed by atoms with Gasteiger partial charge in [0.2, 0.25) is 0 Å². The molecule has 7 heteroatoms. The highest BCUT2D eigenvalue weighted by atomic mass is 32.1. The van der Waals surface area contributed by atoms with Crippen LogP contribution in [-0.4, -0.2) is 35.0 Å². The van der Waals surface area contributed by atoms with Gasteiger partial charge in [0.25, 0.3) is 5.91 Å². The zero-order valence-corrected chi connectivity index (χ0v) is 12.2. The third-order valence-corrected chi connectivity index (χ3v) is 5.24. The lowest BCUT2D eigenvalue weighted by molar-refractivity contribution is -0.204. The first-order valence-electron chi connectivity index (χ1n) is 6.72. The molecule has 0 aromatic carbocycles. The zero-order chi connectivity index (χ0) is 14.4. The second-order valence-corrected chi connectivity index (χ2v) is 6.63. The molecule has 6 nitrogen and oxygen atoms in total. The van der Waals surface area contributed by atoms with E-state index in [0.29, 0.717) is 43.9 Å². The number of aromatic nitrogens is 1. The number of hydrogen-bond donors (Lipinski definition) is 2. The second kappa shape index (κ2) is 4.77. The van der Waals surface area contributed by atoms with Crippen LogP contribution in [0.25, 0.3) is 0 Å². The number of carbonyl (C=O) groups excluding carboxylic acids is 1. The van der Waals surface area contributed by atoms with Crippen LogP contribution in [0.15, 0.2) is 0 Å². The van der Waals surface area contributed by atoms with Crippen molar-refractivity contribution in [1.29, 1.82) is 0 Å². The molecule has 1 spiro atoms. The number of nitrogens with zero attached hydrogens (tertiary/aromatic N) is 1.